The topological polar surface area (TPSA) is 267 Å². The molecular formula is C95H88F4N18O6. The number of carbonyl (C=O) groups excluding carboxylic acids is 2. The van der Waals surface area contributed by atoms with Gasteiger partial charge in [0.1, 0.15) is 23.3 Å². The summed E-state index contributed by atoms with van der Waals surface area (Å²) in [4.78, 5) is 92.6. The van der Waals surface area contributed by atoms with Crippen LogP contribution in [0.4, 0.5) is 17.6 Å². The lowest BCUT2D eigenvalue weighted by molar-refractivity contribution is 0.0672. The van der Waals surface area contributed by atoms with E-state index in [4.69, 9.17) is 0 Å². The van der Waals surface area contributed by atoms with E-state index in [-0.39, 0.29) is 46.7 Å². The van der Waals surface area contributed by atoms with Crippen LogP contribution in [-0.4, -0.2) is 204 Å². The summed E-state index contributed by atoms with van der Waals surface area (Å²) in [5.74, 6) is -2.95. The number of aromatic carboxylic acids is 2. The lowest BCUT2D eigenvalue weighted by atomic mass is 9.99. The minimum absolute atomic E-state index is 0.0351. The van der Waals surface area contributed by atoms with Crippen molar-refractivity contribution in [3.63, 3.8) is 0 Å². The number of imidazole rings is 4. The van der Waals surface area contributed by atoms with E-state index in [0.717, 1.165) is 167 Å². The van der Waals surface area contributed by atoms with Crippen LogP contribution in [0, 0.1) is 51.0 Å². The van der Waals surface area contributed by atoms with Crippen molar-refractivity contribution in [1.82, 2.24) is 87.7 Å². The van der Waals surface area contributed by atoms with Gasteiger partial charge in [0, 0.05) is 183 Å². The number of piperazine rings is 2. The molecule has 0 aliphatic carbocycles. The van der Waals surface area contributed by atoms with Crippen molar-refractivity contribution in [3.8, 4) is 89.5 Å². The summed E-state index contributed by atoms with van der Waals surface area (Å²) in [5.41, 5.74) is 18.5. The Morgan fingerprint density at radius 3 is 1.02 bits per heavy atom. The number of halogens is 4. The highest BCUT2D eigenvalue weighted by atomic mass is 19.1. The smallest absolute Gasteiger partial charge is 0.372 e. The van der Waals surface area contributed by atoms with Gasteiger partial charge in [-0.2, -0.15) is 0 Å². The number of nitrogens with one attached hydrogen (secondary N) is 2. The summed E-state index contributed by atoms with van der Waals surface area (Å²) >= 11 is 0. The van der Waals surface area contributed by atoms with E-state index in [1.807, 2.05) is 118 Å². The molecule has 2 aliphatic heterocycles. The maximum absolute atomic E-state index is 13.8. The molecule has 0 bridgehead atoms. The number of nitrogens with zero attached hydrogens (tertiary/aromatic N) is 16. The molecule has 0 spiro atoms. The van der Waals surface area contributed by atoms with Crippen LogP contribution in [0.25, 0.3) is 112 Å². The third kappa shape index (κ3) is 19.1. The number of hydrogen-bond acceptors (Lipinski definition) is 16. The van der Waals surface area contributed by atoms with E-state index in [9.17, 15) is 47.0 Å². The van der Waals surface area contributed by atoms with E-state index >= 15 is 0 Å². The predicted octanol–water partition coefficient (Wildman–Crippen LogP) is 15.8. The van der Waals surface area contributed by atoms with Crippen LogP contribution in [0.2, 0.25) is 0 Å². The number of pyridine rings is 8. The van der Waals surface area contributed by atoms with E-state index < -0.39 is 11.9 Å². The first-order valence-corrected chi connectivity index (χ1v) is 40.2. The van der Waals surface area contributed by atoms with Gasteiger partial charge in [-0.15, -0.1) is 0 Å². The van der Waals surface area contributed by atoms with Gasteiger partial charge in [-0.05, 0) is 210 Å². The minimum atomic E-state index is -1.09. The third-order valence-electron chi connectivity index (χ3n) is 21.9. The Kier molecular flexibility index (Phi) is 25.6. The molecule has 123 heavy (non-hydrogen) atoms. The molecule has 2 saturated heterocycles. The molecule has 622 valence electrons. The Balaban J connectivity index is 0.000000129. The van der Waals surface area contributed by atoms with Gasteiger partial charge in [-0.1, -0.05) is 42.5 Å². The molecule has 0 unspecified atom stereocenters. The zero-order valence-electron chi connectivity index (χ0n) is 68.5. The number of carboxylic acids is 2. The molecule has 2 amide bonds. The Morgan fingerprint density at radius 2 is 0.659 bits per heavy atom. The lowest BCUT2D eigenvalue weighted by Crippen LogP contribution is -2.47. The molecule has 0 saturated carbocycles. The highest BCUT2D eigenvalue weighted by Gasteiger charge is 2.23. The van der Waals surface area contributed by atoms with E-state index in [1.165, 1.54) is 45.5 Å². The van der Waals surface area contributed by atoms with Crippen molar-refractivity contribution in [2.45, 2.75) is 34.1 Å². The van der Waals surface area contributed by atoms with E-state index in [0.29, 0.717) is 63.7 Å². The van der Waals surface area contributed by atoms with Crippen LogP contribution in [0.1, 0.15) is 71.2 Å². The Labute approximate surface area is 706 Å². The first-order chi connectivity index (χ1) is 59.6. The fourth-order valence-corrected chi connectivity index (χ4v) is 15.0. The molecule has 2 aliphatic rings. The number of fused-ring (bicyclic) bond motifs is 4. The van der Waals surface area contributed by atoms with Gasteiger partial charge in [-0.25, -0.2) is 47.1 Å². The summed E-state index contributed by atoms with van der Waals surface area (Å²) in [6.45, 7) is 18.4. The molecule has 4 aromatic carbocycles. The number of benzene rings is 4. The van der Waals surface area contributed by atoms with Crippen molar-refractivity contribution in [2.24, 2.45) is 0 Å². The maximum atomic E-state index is 13.8. The molecule has 14 heterocycles. The zero-order valence-corrected chi connectivity index (χ0v) is 68.5. The summed E-state index contributed by atoms with van der Waals surface area (Å²) in [6, 6.07) is 50.2. The molecule has 0 radical (unpaired) electrons. The molecule has 4 N–H and O–H groups in total. The molecule has 16 aromatic rings. The summed E-state index contributed by atoms with van der Waals surface area (Å²) in [6.07, 6.45) is 21.4. The predicted molar refractivity (Wildman–Crippen MR) is 465 cm³/mol. The summed E-state index contributed by atoms with van der Waals surface area (Å²) < 4.78 is 61.6. The number of amides is 2. The molecular weight excluding hydrogens is 1570 g/mol. The number of likely N-dealkylation sites (N-methyl/N-ethyl adjacent to an activating group) is 2. The maximum Gasteiger partial charge on any atom is 0.372 e. The van der Waals surface area contributed by atoms with Crippen molar-refractivity contribution in [1.29, 1.82) is 0 Å². The van der Waals surface area contributed by atoms with Crippen molar-refractivity contribution < 1.29 is 47.0 Å². The van der Waals surface area contributed by atoms with Crippen LogP contribution in [-0.2, 0) is 0 Å². The molecule has 18 rings (SSSR count). The highest BCUT2D eigenvalue weighted by molar-refractivity contribution is 5.94. The second-order valence-corrected chi connectivity index (χ2v) is 30.4. The molecule has 2 fully saturated rings. The van der Waals surface area contributed by atoms with Crippen LogP contribution in [0.15, 0.2) is 244 Å². The Morgan fingerprint density at radius 1 is 0.341 bits per heavy atom. The van der Waals surface area contributed by atoms with Crippen LogP contribution < -0.4 is 10.6 Å². The van der Waals surface area contributed by atoms with Gasteiger partial charge in [0.2, 0.25) is 23.3 Å². The van der Waals surface area contributed by atoms with E-state index in [1.54, 1.807) is 126 Å². The summed E-state index contributed by atoms with van der Waals surface area (Å²) in [5, 5.41) is 24.5. The number of carbonyl (C=O) groups is 4. The van der Waals surface area contributed by atoms with Crippen molar-refractivity contribution in [2.75, 3.05) is 92.6 Å². The second-order valence-electron chi connectivity index (χ2n) is 30.4. The first kappa shape index (κ1) is 83.7. The van der Waals surface area contributed by atoms with Gasteiger partial charge in [0.25, 0.3) is 11.8 Å². The number of rotatable bonds is 19. The lowest BCUT2D eigenvalue weighted by Gasteiger charge is -2.32. The fourth-order valence-electron chi connectivity index (χ4n) is 15.0. The van der Waals surface area contributed by atoms with E-state index in [2.05, 4.69) is 84.2 Å². The monoisotopic (exact) mass is 1650 g/mol. The molecule has 0 atom stereocenters. The van der Waals surface area contributed by atoms with Gasteiger partial charge < -0.3 is 35.5 Å². The van der Waals surface area contributed by atoms with Crippen LogP contribution in [0.5, 0.6) is 0 Å². The summed E-state index contributed by atoms with van der Waals surface area (Å²) in [7, 11) is 4.28. The average Bonchev–Trinajstić information content (AvgIpc) is 1.75. The zero-order chi connectivity index (χ0) is 86.0. The average molecular weight is 1650 g/mol. The number of hydrogen-bond donors (Lipinski definition) is 4. The second kappa shape index (κ2) is 37.5. The Hall–Kier alpha value is -14.3. The minimum Gasteiger partial charge on any atom is -0.475 e. The van der Waals surface area contributed by atoms with Crippen LogP contribution in [0.3, 0.4) is 0 Å². The van der Waals surface area contributed by atoms with Crippen molar-refractivity contribution in [3.05, 3.63) is 313 Å². The SMILES string of the molecule is Cc1cc(-c2ncccc2-c2ccc3cnc(C(=O)NCCCN4CCN(C)CC4)n3c2)ccc1F.Cc1cc(-c2ncccc2-c2ccc3cnc(C(=O)NCCN4CCN(C)CC4)n3c2)ccc1F.Cc1cc(-c2ncccc2-c2ccc3cnc(C(=O)O)n3c2)ccc1F.Cc1cc(-c2ncccc2-c2ccn3c(C(=O)O)ncc3c2)ccc1F. The normalized spacial score (nSPS) is 13.3. The molecule has 28 heteroatoms. The fraction of sp³-hybridized carbons (Fsp3) is 0.200. The number of aryl methyl sites for hydroxylation is 4. The largest absolute Gasteiger partial charge is 0.475 e. The van der Waals surface area contributed by atoms with Crippen LogP contribution >= 0.6 is 0 Å². The van der Waals surface area contributed by atoms with Gasteiger partial charge in [0.05, 0.1) is 69.6 Å². The quantitative estimate of drug-likeness (QED) is 0.0433. The first-order valence-electron chi connectivity index (χ1n) is 40.2. The highest BCUT2D eigenvalue weighted by Crippen LogP contribution is 2.37. The van der Waals surface area contributed by atoms with Crippen molar-refractivity contribution >= 4 is 45.8 Å². The number of aromatic nitrogens is 12. The third-order valence-corrected chi connectivity index (χ3v) is 21.9. The van der Waals surface area contributed by atoms with Gasteiger partial charge in [0.15, 0.2) is 0 Å². The Bertz CT molecular complexity index is 6610. The van der Waals surface area contributed by atoms with Gasteiger partial charge >= 0.3 is 11.9 Å². The molecule has 12 aromatic heterocycles. The van der Waals surface area contributed by atoms with Gasteiger partial charge in [-0.3, -0.25) is 52.0 Å². The number of carboxylic acid groups (broad SMARTS) is 2. The standard InChI is InChI=1S/C28H31FN6O.C27H29FN6O.2C20H14FN3O2/c1-20-17-21(7-9-25(20)29)26-24(5-3-10-30-26)22-6-8-23-18-32-27(35(23)19-22)28(36)31-11-4-12-34-15-13-33(2)14-16-34;1-19-16-20(6-8-24(19)28)25-23(4-3-9-29-25)21-5-7-22-17-31-26(34(22)18-21)27(35)30-10-11-33-14-12-32(2)13-15-33;1-12-9-13(5-7-17(12)21)18-16(3-2-8-22-18)14-4-6-15-10-23-19(20(25)26)24(15)11-14;1-12-9-14(4-5-17(12)21)18-16(3-2-7-22-18)13-6-8-24-15(10-13)11-23-19(24)20(25)26/h3,5-10,17-19H,4,11-16H2,1-2H3,(H,31,36);3-9,16-18H,10-15H2,1-2H3,(H,30,35);2*2-11H,1H3,(H,25,26). The molecule has 24 nitrogen and oxygen atoms in total.